The molecule has 3 nitrogen and oxygen atoms in total. The molecular weight excluding hydrogens is 223 g/mol. The average molecular weight is 241 g/mol. The number of rotatable bonds is 3. The maximum Gasteiger partial charge on any atom is 0.415 e. The summed E-state index contributed by atoms with van der Waals surface area (Å²) in [7, 11) is 1.58. The molecule has 0 unspecified atom stereocenters. The van der Waals surface area contributed by atoms with Gasteiger partial charge in [0.05, 0.1) is 6.10 Å². The van der Waals surface area contributed by atoms with E-state index in [-0.39, 0.29) is 12.1 Å². The molecular formula is C10H18F3NO2. The van der Waals surface area contributed by atoms with Gasteiger partial charge in [-0.05, 0) is 32.7 Å². The van der Waals surface area contributed by atoms with Gasteiger partial charge in [-0.1, -0.05) is 0 Å². The van der Waals surface area contributed by atoms with Crippen LogP contribution in [0.2, 0.25) is 0 Å². The molecule has 0 radical (unpaired) electrons. The summed E-state index contributed by atoms with van der Waals surface area (Å²) in [4.78, 5) is 1.53. The summed E-state index contributed by atoms with van der Waals surface area (Å²) in [6.45, 7) is -0.399. The molecule has 1 aliphatic rings. The van der Waals surface area contributed by atoms with Gasteiger partial charge in [0, 0.05) is 12.6 Å². The van der Waals surface area contributed by atoms with Gasteiger partial charge >= 0.3 is 6.18 Å². The van der Waals surface area contributed by atoms with Crippen LogP contribution >= 0.6 is 0 Å². The first kappa shape index (κ1) is 13.7. The topological polar surface area (TPSA) is 43.7 Å². The zero-order chi connectivity index (χ0) is 12.3. The first-order valence-electron chi connectivity index (χ1n) is 5.43. The largest absolute Gasteiger partial charge is 0.415 e. The Morgan fingerprint density at radius 1 is 1.25 bits per heavy atom. The van der Waals surface area contributed by atoms with Gasteiger partial charge in [0.2, 0.25) is 0 Å². The lowest BCUT2D eigenvalue weighted by Gasteiger charge is -2.34. The molecule has 0 aliphatic heterocycles. The van der Waals surface area contributed by atoms with Gasteiger partial charge in [-0.25, -0.2) is 0 Å². The third kappa shape index (κ3) is 3.92. The monoisotopic (exact) mass is 241 g/mol. The Bertz CT molecular complexity index is 215. The van der Waals surface area contributed by atoms with Gasteiger partial charge in [-0.3, -0.25) is 0 Å². The smallest absolute Gasteiger partial charge is 0.393 e. The molecule has 0 aromatic heterocycles. The predicted octanol–water partition coefficient (Wildman–Crippen LogP) is 1.14. The molecule has 1 aliphatic carbocycles. The SMILES string of the molecule is CN(C[C@H](O)C(F)(F)F)C1CCC(O)CC1. The predicted molar refractivity (Wildman–Crippen MR) is 53.0 cm³/mol. The van der Waals surface area contributed by atoms with Gasteiger partial charge in [0.25, 0.3) is 0 Å². The van der Waals surface area contributed by atoms with E-state index in [0.29, 0.717) is 25.7 Å². The van der Waals surface area contributed by atoms with Crippen LogP contribution in [-0.2, 0) is 0 Å². The second-order valence-electron chi connectivity index (χ2n) is 4.46. The fourth-order valence-electron chi connectivity index (χ4n) is 2.02. The zero-order valence-corrected chi connectivity index (χ0v) is 9.24. The van der Waals surface area contributed by atoms with Crippen molar-refractivity contribution in [2.75, 3.05) is 13.6 Å². The van der Waals surface area contributed by atoms with E-state index >= 15 is 0 Å². The van der Waals surface area contributed by atoms with Crippen LogP contribution in [-0.4, -0.2) is 53.1 Å². The first-order chi connectivity index (χ1) is 7.30. The standard InChI is InChI=1S/C10H18F3NO2/c1-14(6-9(16)10(11,12)13)7-2-4-8(15)5-3-7/h7-9,15-16H,2-6H2,1H3/t7?,8?,9-/m0/s1. The van der Waals surface area contributed by atoms with E-state index < -0.39 is 18.8 Å². The van der Waals surface area contributed by atoms with Gasteiger partial charge in [-0.2, -0.15) is 13.2 Å². The average Bonchev–Trinajstić information content (AvgIpc) is 2.17. The van der Waals surface area contributed by atoms with Crippen LogP contribution < -0.4 is 0 Å². The highest BCUT2D eigenvalue weighted by Gasteiger charge is 2.39. The quantitative estimate of drug-likeness (QED) is 0.779. The molecule has 1 rings (SSSR count). The van der Waals surface area contributed by atoms with E-state index in [1.807, 2.05) is 0 Å². The molecule has 0 spiro atoms. The van der Waals surface area contributed by atoms with Crippen LogP contribution in [0, 0.1) is 0 Å². The Hall–Kier alpha value is -0.330. The van der Waals surface area contributed by atoms with Crippen LogP contribution in [0.25, 0.3) is 0 Å². The van der Waals surface area contributed by atoms with Crippen molar-refractivity contribution in [2.24, 2.45) is 0 Å². The molecule has 0 aromatic carbocycles. The molecule has 1 fully saturated rings. The van der Waals surface area contributed by atoms with Crippen molar-refractivity contribution in [1.82, 2.24) is 4.90 Å². The van der Waals surface area contributed by atoms with Gasteiger partial charge in [0.1, 0.15) is 0 Å². The summed E-state index contributed by atoms with van der Waals surface area (Å²) in [5, 5.41) is 18.2. The minimum Gasteiger partial charge on any atom is -0.393 e. The van der Waals surface area contributed by atoms with Crippen molar-refractivity contribution in [3.63, 3.8) is 0 Å². The minimum atomic E-state index is -4.55. The number of alkyl halides is 3. The summed E-state index contributed by atoms with van der Waals surface area (Å²) in [5.74, 6) is 0. The van der Waals surface area contributed by atoms with Crippen LogP contribution in [0.3, 0.4) is 0 Å². The molecule has 1 saturated carbocycles. The van der Waals surface area contributed by atoms with Gasteiger partial charge < -0.3 is 15.1 Å². The van der Waals surface area contributed by atoms with E-state index in [9.17, 15) is 18.3 Å². The fraction of sp³-hybridized carbons (Fsp3) is 1.00. The van der Waals surface area contributed by atoms with Crippen molar-refractivity contribution in [3.8, 4) is 0 Å². The molecule has 0 aromatic rings. The Morgan fingerprint density at radius 2 is 1.75 bits per heavy atom. The molecule has 6 heteroatoms. The van der Waals surface area contributed by atoms with E-state index in [2.05, 4.69) is 0 Å². The zero-order valence-electron chi connectivity index (χ0n) is 9.24. The number of aliphatic hydroxyl groups is 2. The van der Waals surface area contributed by atoms with E-state index in [1.54, 1.807) is 7.05 Å². The fourth-order valence-corrected chi connectivity index (χ4v) is 2.02. The van der Waals surface area contributed by atoms with Crippen molar-refractivity contribution in [1.29, 1.82) is 0 Å². The number of likely N-dealkylation sites (N-methyl/N-ethyl adjacent to an activating group) is 1. The van der Waals surface area contributed by atoms with Crippen LogP contribution in [0.4, 0.5) is 13.2 Å². The maximum atomic E-state index is 12.1. The molecule has 2 N–H and O–H groups in total. The lowest BCUT2D eigenvalue weighted by atomic mass is 9.92. The van der Waals surface area contributed by atoms with E-state index in [0.717, 1.165) is 0 Å². The van der Waals surface area contributed by atoms with Gasteiger partial charge in [-0.15, -0.1) is 0 Å². The summed E-state index contributed by atoms with van der Waals surface area (Å²) in [6.07, 6.45) is -4.55. The Labute approximate surface area is 92.9 Å². The van der Waals surface area contributed by atoms with Crippen molar-refractivity contribution in [2.45, 2.75) is 50.1 Å². The number of halogens is 3. The van der Waals surface area contributed by atoms with Gasteiger partial charge in [0.15, 0.2) is 6.10 Å². The summed E-state index contributed by atoms with van der Waals surface area (Å²) in [5.41, 5.74) is 0. The molecule has 0 amide bonds. The lowest BCUT2D eigenvalue weighted by molar-refractivity contribution is -0.209. The van der Waals surface area contributed by atoms with E-state index in [4.69, 9.17) is 5.11 Å². The summed E-state index contributed by atoms with van der Waals surface area (Å²) >= 11 is 0. The summed E-state index contributed by atoms with van der Waals surface area (Å²) < 4.78 is 36.4. The maximum absolute atomic E-state index is 12.1. The Balaban J connectivity index is 2.37. The third-order valence-corrected chi connectivity index (χ3v) is 3.13. The molecule has 0 bridgehead atoms. The van der Waals surface area contributed by atoms with E-state index in [1.165, 1.54) is 4.90 Å². The van der Waals surface area contributed by atoms with Crippen LogP contribution in [0.15, 0.2) is 0 Å². The van der Waals surface area contributed by atoms with Crippen molar-refractivity contribution >= 4 is 0 Å². The Morgan fingerprint density at radius 3 is 2.19 bits per heavy atom. The molecule has 0 heterocycles. The third-order valence-electron chi connectivity index (χ3n) is 3.13. The van der Waals surface area contributed by atoms with Crippen molar-refractivity contribution in [3.05, 3.63) is 0 Å². The number of nitrogens with zero attached hydrogens (tertiary/aromatic N) is 1. The molecule has 1 atom stereocenters. The Kier molecular flexibility index (Phi) is 4.58. The number of hydrogen-bond acceptors (Lipinski definition) is 3. The highest BCUT2D eigenvalue weighted by Crippen LogP contribution is 2.25. The highest BCUT2D eigenvalue weighted by atomic mass is 19.4. The lowest BCUT2D eigenvalue weighted by Crippen LogP contribution is -2.45. The first-order valence-corrected chi connectivity index (χ1v) is 5.43. The highest BCUT2D eigenvalue weighted by molar-refractivity contribution is 4.80. The van der Waals surface area contributed by atoms with Crippen LogP contribution in [0.5, 0.6) is 0 Å². The molecule has 96 valence electrons. The molecule has 16 heavy (non-hydrogen) atoms. The number of aliphatic hydroxyl groups excluding tert-OH is 2. The number of hydrogen-bond donors (Lipinski definition) is 2. The second-order valence-corrected chi connectivity index (χ2v) is 4.46. The minimum absolute atomic E-state index is 0.0281. The normalized spacial score (nSPS) is 29.4. The second kappa shape index (κ2) is 5.33. The molecule has 0 saturated heterocycles. The van der Waals surface area contributed by atoms with Crippen LogP contribution in [0.1, 0.15) is 25.7 Å². The van der Waals surface area contributed by atoms with Crippen molar-refractivity contribution < 1.29 is 23.4 Å². The summed E-state index contributed by atoms with van der Waals surface area (Å²) in [6, 6.07) is 0.0281.